The Morgan fingerprint density at radius 2 is 1.92 bits per heavy atom. The zero-order chi connectivity index (χ0) is 9.68. The third-order valence-corrected chi connectivity index (χ3v) is 1.65. The molecule has 0 aliphatic rings. The molecule has 0 atom stereocenters. The number of ether oxygens (including phenoxy) is 2. The molecule has 0 heterocycles. The fourth-order valence-corrected chi connectivity index (χ4v) is 1.03. The maximum Gasteiger partial charge on any atom is 0.161 e. The Labute approximate surface area is 77.1 Å². The predicted octanol–water partition coefficient (Wildman–Crippen LogP) is 1.97. The molecule has 0 fully saturated rings. The summed E-state index contributed by atoms with van der Waals surface area (Å²) in [5, 5.41) is 6.79. The molecule has 3 nitrogen and oxygen atoms in total. The van der Waals surface area contributed by atoms with Crippen LogP contribution >= 0.6 is 0 Å². The van der Waals surface area contributed by atoms with Crippen LogP contribution in [0.15, 0.2) is 18.2 Å². The van der Waals surface area contributed by atoms with Gasteiger partial charge in [0.25, 0.3) is 0 Å². The van der Waals surface area contributed by atoms with Crippen LogP contribution in [0.25, 0.3) is 6.08 Å². The largest absolute Gasteiger partial charge is 0.493 e. The average Bonchev–Trinajstić information content (AvgIpc) is 2.18. The maximum atomic E-state index is 6.79. The third kappa shape index (κ3) is 2.10. The second-order valence-electron chi connectivity index (χ2n) is 2.40. The van der Waals surface area contributed by atoms with Crippen molar-refractivity contribution in [3.63, 3.8) is 0 Å². The van der Waals surface area contributed by atoms with Crippen LogP contribution < -0.4 is 9.47 Å². The summed E-state index contributed by atoms with van der Waals surface area (Å²) in [5.41, 5.74) is 0.868. The maximum absolute atomic E-state index is 6.79. The van der Waals surface area contributed by atoms with Gasteiger partial charge in [-0.25, -0.2) is 0 Å². The standard InChI is InChI=1S/C10H11NO2/c1-12-9-4-3-8(5-6-11)7-10(9)13-2/h3-5,7,11H,1-2H3. The van der Waals surface area contributed by atoms with Gasteiger partial charge in [-0.2, -0.15) is 0 Å². The van der Waals surface area contributed by atoms with Gasteiger partial charge < -0.3 is 9.47 Å². The zero-order valence-electron chi connectivity index (χ0n) is 7.63. The van der Waals surface area contributed by atoms with Crippen LogP contribution in [-0.2, 0) is 0 Å². The summed E-state index contributed by atoms with van der Waals surface area (Å²) < 4.78 is 10.2. The van der Waals surface area contributed by atoms with Gasteiger partial charge in [0.1, 0.15) is 0 Å². The second kappa shape index (κ2) is 4.33. The van der Waals surface area contributed by atoms with E-state index in [0.29, 0.717) is 11.5 Å². The Morgan fingerprint density at radius 3 is 2.46 bits per heavy atom. The first-order valence-corrected chi connectivity index (χ1v) is 3.79. The molecule has 1 aromatic rings. The molecule has 1 N–H and O–H groups in total. The third-order valence-electron chi connectivity index (χ3n) is 1.65. The van der Waals surface area contributed by atoms with Gasteiger partial charge in [-0.05, 0) is 23.6 Å². The molecule has 0 spiro atoms. The van der Waals surface area contributed by atoms with Crippen LogP contribution in [0, 0.1) is 5.41 Å². The van der Waals surface area contributed by atoms with Crippen molar-refractivity contribution in [1.82, 2.24) is 0 Å². The van der Waals surface area contributed by atoms with E-state index in [0.717, 1.165) is 5.56 Å². The molecule has 0 radical (unpaired) electrons. The van der Waals surface area contributed by atoms with Crippen molar-refractivity contribution in [3.05, 3.63) is 23.8 Å². The van der Waals surface area contributed by atoms with Gasteiger partial charge in [0.15, 0.2) is 11.5 Å². The molecule has 0 saturated heterocycles. The molecule has 0 aliphatic heterocycles. The van der Waals surface area contributed by atoms with Gasteiger partial charge >= 0.3 is 0 Å². The van der Waals surface area contributed by atoms with E-state index in [1.165, 1.54) is 0 Å². The summed E-state index contributed by atoms with van der Waals surface area (Å²) in [7, 11) is 3.17. The molecule has 0 aromatic heterocycles. The molecular formula is C10H11NO2. The number of nitrogens with one attached hydrogen (secondary N) is 1. The first-order valence-electron chi connectivity index (χ1n) is 3.79. The molecule has 1 aromatic carbocycles. The molecule has 0 saturated carbocycles. The van der Waals surface area contributed by atoms with Gasteiger partial charge in [-0.15, -0.1) is 0 Å². The predicted molar refractivity (Wildman–Crippen MR) is 51.7 cm³/mol. The lowest BCUT2D eigenvalue weighted by Crippen LogP contribution is -1.90. The van der Waals surface area contributed by atoms with Crippen molar-refractivity contribution >= 4 is 11.9 Å². The minimum Gasteiger partial charge on any atom is -0.493 e. The summed E-state index contributed by atoms with van der Waals surface area (Å²) in [5.74, 6) is 3.55. The van der Waals surface area contributed by atoms with E-state index >= 15 is 0 Å². The average molecular weight is 177 g/mol. The number of rotatable bonds is 3. The lowest BCUT2D eigenvalue weighted by molar-refractivity contribution is 0.355. The monoisotopic (exact) mass is 177 g/mol. The minimum atomic E-state index is 0.659. The SMILES string of the molecule is COc1ccc(C=C=N)cc1OC. The van der Waals surface area contributed by atoms with E-state index in [2.05, 4.69) is 5.87 Å². The zero-order valence-corrected chi connectivity index (χ0v) is 7.63. The summed E-state index contributed by atoms with van der Waals surface area (Å²) in [6.45, 7) is 0. The smallest absolute Gasteiger partial charge is 0.161 e. The Morgan fingerprint density at radius 1 is 1.23 bits per heavy atom. The molecular weight excluding hydrogens is 166 g/mol. The molecule has 3 heteroatoms. The molecule has 68 valence electrons. The molecule has 0 aliphatic carbocycles. The molecule has 0 amide bonds. The Bertz CT molecular complexity index is 341. The van der Waals surface area contributed by atoms with Crippen LogP contribution in [0.2, 0.25) is 0 Å². The van der Waals surface area contributed by atoms with E-state index in [9.17, 15) is 0 Å². The van der Waals surface area contributed by atoms with Crippen molar-refractivity contribution < 1.29 is 9.47 Å². The quantitative estimate of drug-likeness (QED) is 0.717. The lowest BCUT2D eigenvalue weighted by Gasteiger charge is -2.06. The highest BCUT2D eigenvalue weighted by molar-refractivity contribution is 5.76. The number of hydrogen-bond donors (Lipinski definition) is 1. The van der Waals surface area contributed by atoms with Crippen LogP contribution in [0.1, 0.15) is 5.56 Å². The highest BCUT2D eigenvalue weighted by Crippen LogP contribution is 2.27. The highest BCUT2D eigenvalue weighted by Gasteiger charge is 2.01. The number of hydrogen-bond acceptors (Lipinski definition) is 3. The second-order valence-corrected chi connectivity index (χ2v) is 2.40. The van der Waals surface area contributed by atoms with E-state index in [1.807, 2.05) is 6.07 Å². The first-order chi connectivity index (χ1) is 6.31. The van der Waals surface area contributed by atoms with Crippen LogP contribution in [0.5, 0.6) is 11.5 Å². The number of benzene rings is 1. The normalized spacial score (nSPS) is 8.77. The summed E-state index contributed by atoms with van der Waals surface area (Å²) in [6.07, 6.45) is 1.56. The summed E-state index contributed by atoms with van der Waals surface area (Å²) in [4.78, 5) is 0. The van der Waals surface area contributed by atoms with Gasteiger partial charge in [0.2, 0.25) is 0 Å². The number of methoxy groups -OCH3 is 2. The summed E-state index contributed by atoms with van der Waals surface area (Å²) in [6, 6.07) is 5.42. The van der Waals surface area contributed by atoms with Gasteiger partial charge in [-0.3, -0.25) is 5.41 Å². The van der Waals surface area contributed by atoms with Crippen molar-refractivity contribution in [2.24, 2.45) is 0 Å². The van der Waals surface area contributed by atoms with E-state index in [1.54, 1.807) is 32.4 Å². The van der Waals surface area contributed by atoms with Gasteiger partial charge in [-0.1, -0.05) is 6.07 Å². The Kier molecular flexibility index (Phi) is 3.12. The van der Waals surface area contributed by atoms with Gasteiger partial charge in [0, 0.05) is 6.08 Å². The Balaban J connectivity index is 3.12. The molecule has 1 rings (SSSR count). The van der Waals surface area contributed by atoms with Crippen molar-refractivity contribution in [1.29, 1.82) is 5.41 Å². The van der Waals surface area contributed by atoms with Crippen molar-refractivity contribution in [2.45, 2.75) is 0 Å². The highest BCUT2D eigenvalue weighted by atomic mass is 16.5. The van der Waals surface area contributed by atoms with Crippen LogP contribution in [-0.4, -0.2) is 20.1 Å². The Hall–Kier alpha value is -1.73. The first kappa shape index (κ1) is 9.36. The fourth-order valence-electron chi connectivity index (χ4n) is 1.03. The topological polar surface area (TPSA) is 42.3 Å². The molecule has 0 unspecified atom stereocenters. The van der Waals surface area contributed by atoms with Crippen LogP contribution in [0.3, 0.4) is 0 Å². The lowest BCUT2D eigenvalue weighted by atomic mass is 10.2. The van der Waals surface area contributed by atoms with E-state index in [4.69, 9.17) is 14.9 Å². The minimum absolute atomic E-state index is 0.659. The fraction of sp³-hybridized carbons (Fsp3) is 0.200. The van der Waals surface area contributed by atoms with Crippen molar-refractivity contribution in [3.8, 4) is 11.5 Å². The van der Waals surface area contributed by atoms with E-state index in [-0.39, 0.29) is 0 Å². The molecule has 13 heavy (non-hydrogen) atoms. The summed E-state index contributed by atoms with van der Waals surface area (Å²) >= 11 is 0. The van der Waals surface area contributed by atoms with Crippen molar-refractivity contribution in [2.75, 3.05) is 14.2 Å². The van der Waals surface area contributed by atoms with Crippen LogP contribution in [0.4, 0.5) is 0 Å². The molecule has 0 bridgehead atoms. The van der Waals surface area contributed by atoms with E-state index < -0.39 is 0 Å². The van der Waals surface area contributed by atoms with Gasteiger partial charge in [0.05, 0.1) is 14.2 Å².